The highest BCUT2D eigenvalue weighted by Gasteiger charge is 1.98. The highest BCUT2D eigenvalue weighted by Crippen LogP contribution is 2.05. The van der Waals surface area contributed by atoms with E-state index in [-0.39, 0.29) is 6.61 Å². The van der Waals surface area contributed by atoms with Gasteiger partial charge in [0.05, 0.1) is 6.54 Å². The summed E-state index contributed by atoms with van der Waals surface area (Å²) in [5, 5.41) is 10.2. The highest BCUT2D eigenvalue weighted by atomic mass is 16.2. The monoisotopic (exact) mass is 235 g/mol. The second-order valence-corrected chi connectivity index (χ2v) is 4.04. The van der Waals surface area contributed by atoms with Gasteiger partial charge in [-0.25, -0.2) is 5.84 Å². The Hall–Kier alpha value is -1.52. The van der Waals surface area contributed by atoms with Crippen LogP contribution in [0.25, 0.3) is 0 Å². The Labute approximate surface area is 103 Å². The Morgan fingerprint density at radius 2 is 1.94 bits per heavy atom. The highest BCUT2D eigenvalue weighted by molar-refractivity contribution is 5.14. The number of rotatable bonds is 7. The van der Waals surface area contributed by atoms with Crippen LogP contribution in [0.3, 0.4) is 0 Å². The molecule has 0 saturated heterocycles. The zero-order valence-electron chi connectivity index (χ0n) is 10.0. The molecule has 0 radical (unpaired) electrons. The van der Waals surface area contributed by atoms with Gasteiger partial charge in [-0.1, -0.05) is 30.3 Å². The van der Waals surface area contributed by atoms with Crippen molar-refractivity contribution in [2.45, 2.75) is 25.8 Å². The molecule has 0 aliphatic rings. The molecule has 0 aliphatic carbocycles. The van der Waals surface area contributed by atoms with Gasteiger partial charge in [-0.05, 0) is 24.8 Å². The SMILES string of the molecule is N/C(=C\N(N)Cc1ccccc1)CCCCO. The molecule has 0 saturated carbocycles. The van der Waals surface area contributed by atoms with Crippen LogP contribution < -0.4 is 11.6 Å². The molecule has 0 fully saturated rings. The fourth-order valence-electron chi connectivity index (χ4n) is 1.56. The number of allylic oxidation sites excluding steroid dienone is 1. The first-order valence-electron chi connectivity index (χ1n) is 5.84. The van der Waals surface area contributed by atoms with E-state index in [1.54, 1.807) is 11.2 Å². The van der Waals surface area contributed by atoms with Crippen molar-refractivity contribution in [2.24, 2.45) is 11.6 Å². The van der Waals surface area contributed by atoms with E-state index in [1.807, 2.05) is 30.3 Å². The van der Waals surface area contributed by atoms with Gasteiger partial charge in [0.2, 0.25) is 0 Å². The lowest BCUT2D eigenvalue weighted by atomic mass is 10.2. The molecule has 0 aromatic heterocycles. The minimum atomic E-state index is 0.212. The first-order chi connectivity index (χ1) is 8.22. The quantitative estimate of drug-likeness (QED) is 0.378. The normalized spacial score (nSPS) is 11.5. The van der Waals surface area contributed by atoms with Crippen molar-refractivity contribution >= 4 is 0 Å². The number of nitrogens with two attached hydrogens (primary N) is 2. The maximum absolute atomic E-state index is 8.66. The summed E-state index contributed by atoms with van der Waals surface area (Å²) in [5.41, 5.74) is 7.72. The molecular weight excluding hydrogens is 214 g/mol. The Bertz CT molecular complexity index is 338. The number of hydrazine groups is 1. The lowest BCUT2D eigenvalue weighted by Crippen LogP contribution is -2.25. The molecule has 5 N–H and O–H groups in total. The molecule has 1 aromatic rings. The van der Waals surface area contributed by atoms with Crippen LogP contribution in [0.5, 0.6) is 0 Å². The summed E-state index contributed by atoms with van der Waals surface area (Å²) in [6.45, 7) is 0.852. The van der Waals surface area contributed by atoms with Gasteiger partial charge < -0.3 is 15.8 Å². The van der Waals surface area contributed by atoms with Crippen molar-refractivity contribution in [2.75, 3.05) is 6.61 Å². The Balaban J connectivity index is 2.37. The van der Waals surface area contributed by atoms with Gasteiger partial charge in [0.1, 0.15) is 0 Å². The van der Waals surface area contributed by atoms with E-state index in [0.717, 1.165) is 30.5 Å². The molecular formula is C13H21N3O. The Kier molecular flexibility index (Phi) is 6.14. The van der Waals surface area contributed by atoms with E-state index >= 15 is 0 Å². The average molecular weight is 235 g/mol. The summed E-state index contributed by atoms with van der Waals surface area (Å²) in [5.74, 6) is 5.84. The van der Waals surface area contributed by atoms with Gasteiger partial charge in [0.15, 0.2) is 0 Å². The Morgan fingerprint density at radius 3 is 2.59 bits per heavy atom. The van der Waals surface area contributed by atoms with Crippen LogP contribution in [-0.2, 0) is 6.54 Å². The maximum Gasteiger partial charge on any atom is 0.0586 e. The van der Waals surface area contributed by atoms with Gasteiger partial charge in [-0.2, -0.15) is 0 Å². The van der Waals surface area contributed by atoms with Crippen LogP contribution in [0, 0.1) is 0 Å². The van der Waals surface area contributed by atoms with Crippen LogP contribution in [0.1, 0.15) is 24.8 Å². The lowest BCUT2D eigenvalue weighted by Gasteiger charge is -2.15. The summed E-state index contributed by atoms with van der Waals surface area (Å²) >= 11 is 0. The molecule has 0 bridgehead atoms. The second-order valence-electron chi connectivity index (χ2n) is 4.04. The third-order valence-corrected chi connectivity index (χ3v) is 2.41. The van der Waals surface area contributed by atoms with Crippen molar-refractivity contribution in [3.63, 3.8) is 0 Å². The van der Waals surface area contributed by atoms with E-state index in [4.69, 9.17) is 16.7 Å². The molecule has 0 amide bonds. The number of hydrogen-bond donors (Lipinski definition) is 3. The summed E-state index contributed by atoms with van der Waals surface area (Å²) in [7, 11) is 0. The van der Waals surface area contributed by atoms with Crippen molar-refractivity contribution < 1.29 is 5.11 Å². The van der Waals surface area contributed by atoms with Crippen LogP contribution in [0.15, 0.2) is 42.2 Å². The number of benzene rings is 1. The average Bonchev–Trinajstić information content (AvgIpc) is 2.30. The molecule has 4 heteroatoms. The summed E-state index contributed by atoms with van der Waals surface area (Å²) < 4.78 is 0. The summed E-state index contributed by atoms with van der Waals surface area (Å²) in [6.07, 6.45) is 4.18. The van der Waals surface area contributed by atoms with E-state index in [9.17, 15) is 0 Å². The van der Waals surface area contributed by atoms with E-state index in [1.165, 1.54) is 0 Å². The number of unbranched alkanes of at least 4 members (excludes halogenated alkanes) is 1. The molecule has 94 valence electrons. The zero-order chi connectivity index (χ0) is 12.5. The fraction of sp³-hybridized carbons (Fsp3) is 0.385. The van der Waals surface area contributed by atoms with Crippen LogP contribution in [-0.4, -0.2) is 16.7 Å². The minimum absolute atomic E-state index is 0.212. The van der Waals surface area contributed by atoms with Crippen molar-refractivity contribution in [1.82, 2.24) is 5.01 Å². The van der Waals surface area contributed by atoms with Gasteiger partial charge in [-0.15, -0.1) is 0 Å². The topological polar surface area (TPSA) is 75.5 Å². The molecule has 0 aliphatic heterocycles. The van der Waals surface area contributed by atoms with E-state index in [2.05, 4.69) is 0 Å². The molecule has 0 unspecified atom stereocenters. The molecule has 0 heterocycles. The third-order valence-electron chi connectivity index (χ3n) is 2.41. The zero-order valence-corrected chi connectivity index (χ0v) is 10.0. The number of aliphatic hydroxyl groups excluding tert-OH is 1. The number of aliphatic hydroxyl groups is 1. The molecule has 0 atom stereocenters. The standard InChI is InChI=1S/C13H21N3O/c14-13(8-4-5-9-17)11-16(15)10-12-6-2-1-3-7-12/h1-3,6-7,11,17H,4-5,8-10,14-15H2/b13-11-. The van der Waals surface area contributed by atoms with Crippen molar-refractivity contribution in [1.29, 1.82) is 0 Å². The number of hydrogen-bond acceptors (Lipinski definition) is 4. The van der Waals surface area contributed by atoms with Crippen molar-refractivity contribution in [3.05, 3.63) is 47.8 Å². The predicted molar refractivity (Wildman–Crippen MR) is 69.4 cm³/mol. The molecule has 1 aromatic carbocycles. The lowest BCUT2D eigenvalue weighted by molar-refractivity contribution is 0.284. The predicted octanol–water partition coefficient (Wildman–Crippen LogP) is 1.32. The van der Waals surface area contributed by atoms with Crippen LogP contribution >= 0.6 is 0 Å². The van der Waals surface area contributed by atoms with Gasteiger partial charge in [0, 0.05) is 18.5 Å². The first kappa shape index (κ1) is 13.5. The molecule has 0 spiro atoms. The molecule has 17 heavy (non-hydrogen) atoms. The van der Waals surface area contributed by atoms with E-state index in [0.29, 0.717) is 6.54 Å². The van der Waals surface area contributed by atoms with Crippen LogP contribution in [0.2, 0.25) is 0 Å². The van der Waals surface area contributed by atoms with Gasteiger partial charge in [-0.3, -0.25) is 0 Å². The van der Waals surface area contributed by atoms with Crippen LogP contribution in [0.4, 0.5) is 0 Å². The van der Waals surface area contributed by atoms with Gasteiger partial charge >= 0.3 is 0 Å². The smallest absolute Gasteiger partial charge is 0.0586 e. The second kappa shape index (κ2) is 7.70. The van der Waals surface area contributed by atoms with E-state index < -0.39 is 0 Å². The first-order valence-corrected chi connectivity index (χ1v) is 5.84. The summed E-state index contributed by atoms with van der Waals surface area (Å²) in [4.78, 5) is 0. The largest absolute Gasteiger partial charge is 0.401 e. The molecule has 4 nitrogen and oxygen atoms in total. The molecule has 1 rings (SSSR count). The third kappa shape index (κ3) is 5.94. The fourth-order valence-corrected chi connectivity index (χ4v) is 1.56. The Morgan fingerprint density at radius 1 is 1.24 bits per heavy atom. The van der Waals surface area contributed by atoms with Crippen molar-refractivity contribution in [3.8, 4) is 0 Å². The van der Waals surface area contributed by atoms with Gasteiger partial charge in [0.25, 0.3) is 0 Å². The minimum Gasteiger partial charge on any atom is -0.401 e. The number of nitrogens with zero attached hydrogens (tertiary/aromatic N) is 1. The summed E-state index contributed by atoms with van der Waals surface area (Å²) in [6, 6.07) is 9.99. The maximum atomic E-state index is 8.66.